The van der Waals surface area contributed by atoms with Gasteiger partial charge >= 0.3 is 0 Å². The SMILES string of the molecule is Cc1ccc(CCCC(=O)N2CC[C@@H](N)C2)cc1.Cl. The lowest BCUT2D eigenvalue weighted by atomic mass is 10.1. The van der Waals surface area contributed by atoms with Crippen LogP contribution >= 0.6 is 12.4 Å². The van der Waals surface area contributed by atoms with E-state index in [2.05, 4.69) is 31.2 Å². The van der Waals surface area contributed by atoms with Gasteiger partial charge in [-0.25, -0.2) is 0 Å². The standard InChI is InChI=1S/C15H22N2O.ClH/c1-12-5-7-13(8-6-12)3-2-4-15(18)17-10-9-14(16)11-17;/h5-8,14H,2-4,9-11,16H2,1H3;1H/t14-;/m1./s1. The second-order valence-electron chi connectivity index (χ2n) is 5.23. The number of nitrogens with zero attached hydrogens (tertiary/aromatic N) is 1. The van der Waals surface area contributed by atoms with Gasteiger partial charge in [-0.1, -0.05) is 29.8 Å². The highest BCUT2D eigenvalue weighted by molar-refractivity contribution is 5.85. The molecule has 0 bridgehead atoms. The molecule has 0 spiro atoms. The first-order valence-corrected chi connectivity index (χ1v) is 6.74. The maximum Gasteiger partial charge on any atom is 0.222 e. The molecule has 1 aromatic rings. The molecule has 19 heavy (non-hydrogen) atoms. The number of rotatable bonds is 4. The van der Waals surface area contributed by atoms with Crippen LogP contribution < -0.4 is 5.73 Å². The summed E-state index contributed by atoms with van der Waals surface area (Å²) in [6.07, 6.45) is 3.49. The lowest BCUT2D eigenvalue weighted by Crippen LogP contribution is -2.31. The molecule has 0 aliphatic carbocycles. The monoisotopic (exact) mass is 282 g/mol. The van der Waals surface area contributed by atoms with E-state index < -0.39 is 0 Å². The smallest absolute Gasteiger partial charge is 0.222 e. The van der Waals surface area contributed by atoms with Crippen LogP contribution in [0.1, 0.15) is 30.4 Å². The molecule has 1 aliphatic heterocycles. The van der Waals surface area contributed by atoms with E-state index in [0.717, 1.165) is 32.4 Å². The number of aryl methyl sites for hydroxylation is 2. The summed E-state index contributed by atoms with van der Waals surface area (Å²) in [5.74, 6) is 0.259. The summed E-state index contributed by atoms with van der Waals surface area (Å²) in [5, 5.41) is 0. The summed E-state index contributed by atoms with van der Waals surface area (Å²) in [7, 11) is 0. The van der Waals surface area contributed by atoms with Crippen molar-refractivity contribution in [3.05, 3.63) is 35.4 Å². The number of benzene rings is 1. The van der Waals surface area contributed by atoms with E-state index in [4.69, 9.17) is 5.73 Å². The number of amides is 1. The third-order valence-electron chi connectivity index (χ3n) is 3.55. The predicted molar refractivity (Wildman–Crippen MR) is 80.5 cm³/mol. The van der Waals surface area contributed by atoms with Gasteiger partial charge in [0.15, 0.2) is 0 Å². The third-order valence-corrected chi connectivity index (χ3v) is 3.55. The topological polar surface area (TPSA) is 46.3 Å². The number of carbonyl (C=O) groups excluding carboxylic acids is 1. The maximum atomic E-state index is 11.9. The van der Waals surface area contributed by atoms with Crippen molar-refractivity contribution >= 4 is 18.3 Å². The average molecular weight is 283 g/mol. The molecular weight excluding hydrogens is 260 g/mol. The van der Waals surface area contributed by atoms with Crippen molar-refractivity contribution in [2.45, 2.75) is 38.6 Å². The fraction of sp³-hybridized carbons (Fsp3) is 0.533. The number of carbonyl (C=O) groups is 1. The van der Waals surface area contributed by atoms with Crippen LogP contribution in [-0.2, 0) is 11.2 Å². The Bertz CT molecular complexity index is 405. The zero-order valence-electron chi connectivity index (χ0n) is 11.5. The highest BCUT2D eigenvalue weighted by Crippen LogP contribution is 2.12. The van der Waals surface area contributed by atoms with E-state index in [0.29, 0.717) is 6.42 Å². The van der Waals surface area contributed by atoms with Crippen LogP contribution in [0.4, 0.5) is 0 Å². The highest BCUT2D eigenvalue weighted by Gasteiger charge is 2.22. The van der Waals surface area contributed by atoms with Crippen LogP contribution in [-0.4, -0.2) is 29.9 Å². The largest absolute Gasteiger partial charge is 0.341 e. The third kappa shape index (κ3) is 4.84. The minimum Gasteiger partial charge on any atom is -0.341 e. The van der Waals surface area contributed by atoms with Crippen LogP contribution in [0, 0.1) is 6.92 Å². The molecule has 1 amide bonds. The first kappa shape index (κ1) is 16.0. The number of likely N-dealkylation sites (tertiary alicyclic amines) is 1. The molecule has 3 nitrogen and oxygen atoms in total. The van der Waals surface area contributed by atoms with Crippen molar-refractivity contribution in [3.63, 3.8) is 0 Å². The van der Waals surface area contributed by atoms with Gasteiger partial charge < -0.3 is 10.6 Å². The van der Waals surface area contributed by atoms with Gasteiger partial charge in [-0.15, -0.1) is 12.4 Å². The minimum absolute atomic E-state index is 0. The van der Waals surface area contributed by atoms with Crippen molar-refractivity contribution in [2.24, 2.45) is 5.73 Å². The Hall–Kier alpha value is -1.06. The zero-order valence-corrected chi connectivity index (χ0v) is 12.3. The molecule has 4 heteroatoms. The van der Waals surface area contributed by atoms with Gasteiger partial charge in [0, 0.05) is 25.6 Å². The Labute approximate surface area is 121 Å². The van der Waals surface area contributed by atoms with Gasteiger partial charge in [0.1, 0.15) is 0 Å². The first-order valence-electron chi connectivity index (χ1n) is 6.74. The second-order valence-corrected chi connectivity index (χ2v) is 5.23. The van der Waals surface area contributed by atoms with Crippen LogP contribution in [0.15, 0.2) is 24.3 Å². The molecule has 0 saturated carbocycles. The van der Waals surface area contributed by atoms with Crippen LogP contribution in [0.3, 0.4) is 0 Å². The van der Waals surface area contributed by atoms with E-state index in [-0.39, 0.29) is 24.4 Å². The van der Waals surface area contributed by atoms with Crippen molar-refractivity contribution in [3.8, 4) is 0 Å². The molecule has 106 valence electrons. The normalized spacial score (nSPS) is 18.2. The Morgan fingerprint density at radius 1 is 1.37 bits per heavy atom. The van der Waals surface area contributed by atoms with Crippen molar-refractivity contribution < 1.29 is 4.79 Å². The summed E-state index contributed by atoms with van der Waals surface area (Å²) in [6.45, 7) is 3.66. The maximum absolute atomic E-state index is 11.9. The van der Waals surface area contributed by atoms with E-state index >= 15 is 0 Å². The van der Waals surface area contributed by atoms with Gasteiger partial charge in [-0.3, -0.25) is 4.79 Å². The second kappa shape index (κ2) is 7.51. The van der Waals surface area contributed by atoms with E-state index in [1.807, 2.05) is 4.90 Å². The molecule has 1 saturated heterocycles. The van der Waals surface area contributed by atoms with Crippen LogP contribution in [0.5, 0.6) is 0 Å². The molecule has 2 rings (SSSR count). The number of halogens is 1. The molecule has 1 atom stereocenters. The summed E-state index contributed by atoms with van der Waals surface area (Å²) in [4.78, 5) is 13.8. The van der Waals surface area contributed by atoms with Gasteiger partial charge in [-0.2, -0.15) is 0 Å². The molecule has 1 aromatic carbocycles. The quantitative estimate of drug-likeness (QED) is 0.921. The molecule has 1 fully saturated rings. The lowest BCUT2D eigenvalue weighted by molar-refractivity contribution is -0.130. The van der Waals surface area contributed by atoms with Crippen molar-refractivity contribution in [1.82, 2.24) is 4.90 Å². The fourth-order valence-electron chi connectivity index (χ4n) is 2.37. The highest BCUT2D eigenvalue weighted by atomic mass is 35.5. The Balaban J connectivity index is 0.00000180. The van der Waals surface area contributed by atoms with Gasteiger partial charge in [-0.05, 0) is 31.7 Å². The molecule has 0 radical (unpaired) electrons. The van der Waals surface area contributed by atoms with Crippen molar-refractivity contribution in [2.75, 3.05) is 13.1 Å². The van der Waals surface area contributed by atoms with Gasteiger partial charge in [0.25, 0.3) is 0 Å². The summed E-state index contributed by atoms with van der Waals surface area (Å²) >= 11 is 0. The Kier molecular flexibility index (Phi) is 6.32. The Morgan fingerprint density at radius 3 is 2.63 bits per heavy atom. The Morgan fingerprint density at radius 2 is 2.05 bits per heavy atom. The molecule has 1 heterocycles. The van der Waals surface area contributed by atoms with Gasteiger partial charge in [0.05, 0.1) is 0 Å². The molecule has 0 aromatic heterocycles. The predicted octanol–water partition coefficient (Wildman–Crippen LogP) is 2.30. The molecule has 1 aliphatic rings. The number of nitrogens with two attached hydrogens (primary N) is 1. The molecule has 0 unspecified atom stereocenters. The summed E-state index contributed by atoms with van der Waals surface area (Å²) < 4.78 is 0. The number of hydrogen-bond acceptors (Lipinski definition) is 2. The zero-order chi connectivity index (χ0) is 13.0. The fourth-order valence-corrected chi connectivity index (χ4v) is 2.37. The first-order chi connectivity index (χ1) is 8.65. The summed E-state index contributed by atoms with van der Waals surface area (Å²) in [6, 6.07) is 8.72. The minimum atomic E-state index is 0. The summed E-state index contributed by atoms with van der Waals surface area (Å²) in [5.41, 5.74) is 8.39. The van der Waals surface area contributed by atoms with E-state index in [1.54, 1.807) is 0 Å². The average Bonchev–Trinajstić information content (AvgIpc) is 2.78. The molecular formula is C15H23ClN2O. The van der Waals surface area contributed by atoms with Crippen LogP contribution in [0.2, 0.25) is 0 Å². The number of hydrogen-bond donors (Lipinski definition) is 1. The van der Waals surface area contributed by atoms with E-state index in [9.17, 15) is 4.79 Å². The van der Waals surface area contributed by atoms with E-state index in [1.165, 1.54) is 11.1 Å². The van der Waals surface area contributed by atoms with Crippen molar-refractivity contribution in [1.29, 1.82) is 0 Å². The van der Waals surface area contributed by atoms with Gasteiger partial charge in [0.2, 0.25) is 5.91 Å². The molecule has 2 N–H and O–H groups in total. The van der Waals surface area contributed by atoms with Crippen LogP contribution in [0.25, 0.3) is 0 Å². The lowest BCUT2D eigenvalue weighted by Gasteiger charge is -2.15.